The van der Waals surface area contributed by atoms with Crippen molar-refractivity contribution in [2.24, 2.45) is 5.92 Å². The Balaban J connectivity index is 1.75. The van der Waals surface area contributed by atoms with E-state index in [2.05, 4.69) is 5.32 Å². The highest BCUT2D eigenvalue weighted by molar-refractivity contribution is 5.91. The van der Waals surface area contributed by atoms with Gasteiger partial charge in [0.1, 0.15) is 23.1 Å². The molecule has 2 aromatic rings. The molecule has 7 nitrogen and oxygen atoms in total. The van der Waals surface area contributed by atoms with Crippen LogP contribution >= 0.6 is 0 Å². The molecule has 0 saturated heterocycles. The molecule has 0 saturated carbocycles. The van der Waals surface area contributed by atoms with Gasteiger partial charge in [0.15, 0.2) is 0 Å². The minimum atomic E-state index is -0.581. The molecule has 0 bridgehead atoms. The van der Waals surface area contributed by atoms with Crippen molar-refractivity contribution in [1.82, 2.24) is 10.2 Å². The average Bonchev–Trinajstić information content (AvgIpc) is 3.10. The van der Waals surface area contributed by atoms with Gasteiger partial charge in [-0.15, -0.1) is 0 Å². The highest BCUT2D eigenvalue weighted by atomic mass is 16.5. The van der Waals surface area contributed by atoms with Gasteiger partial charge in [-0.3, -0.25) is 9.59 Å². The zero-order valence-corrected chi connectivity index (χ0v) is 17.9. The Morgan fingerprint density at radius 3 is 2.60 bits per heavy atom. The largest absolute Gasteiger partial charge is 0.465 e. The Hall–Kier alpha value is -3.09. The molecule has 1 atom stereocenters. The minimum Gasteiger partial charge on any atom is -0.465 e. The molecule has 0 spiro atoms. The Kier molecular flexibility index (Phi) is 6.59. The first-order valence-electron chi connectivity index (χ1n) is 10.1. The van der Waals surface area contributed by atoms with E-state index in [0.717, 1.165) is 11.1 Å². The third-order valence-corrected chi connectivity index (χ3v) is 5.27. The summed E-state index contributed by atoms with van der Waals surface area (Å²) >= 11 is 0. The lowest BCUT2D eigenvalue weighted by atomic mass is 9.92. The summed E-state index contributed by atoms with van der Waals surface area (Å²) in [7, 11) is 1.31. The molecule has 1 aromatic heterocycles. The molecule has 7 heteroatoms. The Morgan fingerprint density at radius 1 is 1.23 bits per heavy atom. The van der Waals surface area contributed by atoms with Crippen molar-refractivity contribution in [3.63, 3.8) is 0 Å². The molecule has 2 amide bonds. The predicted octanol–water partition coefficient (Wildman–Crippen LogP) is 2.99. The zero-order valence-electron chi connectivity index (χ0n) is 17.9. The Bertz CT molecular complexity index is 947. The summed E-state index contributed by atoms with van der Waals surface area (Å²) in [6.45, 7) is 6.20. The minimum absolute atomic E-state index is 0.0264. The summed E-state index contributed by atoms with van der Waals surface area (Å²) in [6.07, 6.45) is 0.863. The number of methoxy groups -OCH3 is 1. The number of hydrogen-bond acceptors (Lipinski definition) is 5. The van der Waals surface area contributed by atoms with Crippen LogP contribution in [-0.2, 0) is 33.8 Å². The van der Waals surface area contributed by atoms with Crippen LogP contribution in [0.1, 0.15) is 53.3 Å². The first-order chi connectivity index (χ1) is 14.3. The number of benzene rings is 1. The topological polar surface area (TPSA) is 88.9 Å². The normalized spacial score (nSPS) is 15.6. The number of aryl methyl sites for hydroxylation is 1. The van der Waals surface area contributed by atoms with Gasteiger partial charge in [-0.2, -0.15) is 0 Å². The monoisotopic (exact) mass is 412 g/mol. The van der Waals surface area contributed by atoms with Gasteiger partial charge in [0.05, 0.1) is 13.7 Å². The van der Waals surface area contributed by atoms with Crippen LogP contribution in [0.15, 0.2) is 34.7 Å². The van der Waals surface area contributed by atoms with E-state index >= 15 is 0 Å². The number of fused-ring (bicyclic) bond motifs is 1. The molecular formula is C23H28N2O5. The van der Waals surface area contributed by atoms with Gasteiger partial charge in [-0.25, -0.2) is 4.79 Å². The fraction of sp³-hybridized carbons (Fsp3) is 0.435. The van der Waals surface area contributed by atoms with E-state index in [0.29, 0.717) is 36.5 Å². The number of carbonyl (C=O) groups is 3. The van der Waals surface area contributed by atoms with E-state index < -0.39 is 12.0 Å². The molecule has 1 aliphatic heterocycles. The maximum Gasteiger partial charge on any atom is 0.341 e. The highest BCUT2D eigenvalue weighted by Crippen LogP contribution is 2.25. The molecule has 1 unspecified atom stereocenters. The predicted molar refractivity (Wildman–Crippen MR) is 111 cm³/mol. The van der Waals surface area contributed by atoms with Gasteiger partial charge >= 0.3 is 5.97 Å². The second kappa shape index (κ2) is 9.15. The molecule has 1 aromatic carbocycles. The van der Waals surface area contributed by atoms with Crippen molar-refractivity contribution < 1.29 is 23.5 Å². The summed E-state index contributed by atoms with van der Waals surface area (Å²) < 4.78 is 10.3. The molecule has 160 valence electrons. The van der Waals surface area contributed by atoms with Crippen molar-refractivity contribution in [3.05, 3.63) is 58.5 Å². The van der Waals surface area contributed by atoms with Crippen molar-refractivity contribution in [3.8, 4) is 0 Å². The number of nitrogens with one attached hydrogen (secondary N) is 1. The molecule has 0 aliphatic carbocycles. The molecule has 2 heterocycles. The van der Waals surface area contributed by atoms with Crippen LogP contribution in [0, 0.1) is 12.8 Å². The van der Waals surface area contributed by atoms with Gasteiger partial charge < -0.3 is 19.4 Å². The van der Waals surface area contributed by atoms with Crippen molar-refractivity contribution in [2.75, 3.05) is 7.11 Å². The standard InChI is InChI=1S/C23H28N2O5/c1-14(2)9-21(26)25-13-17-8-6-5-7-16(17)10-20(25)22(27)24-12-18-11-19(15(3)30-18)23(28)29-4/h5-8,11,14,20H,9-10,12-13H2,1-4H3,(H,24,27). The number of rotatable bonds is 6. The van der Waals surface area contributed by atoms with Gasteiger partial charge in [0, 0.05) is 19.4 Å². The molecule has 1 aliphatic rings. The van der Waals surface area contributed by atoms with Gasteiger partial charge in [-0.1, -0.05) is 38.1 Å². The quantitative estimate of drug-likeness (QED) is 0.737. The molecular weight excluding hydrogens is 384 g/mol. The van der Waals surface area contributed by atoms with E-state index in [-0.39, 0.29) is 24.3 Å². The lowest BCUT2D eigenvalue weighted by Gasteiger charge is -2.36. The summed E-state index contributed by atoms with van der Waals surface area (Å²) in [5.41, 5.74) is 2.48. The lowest BCUT2D eigenvalue weighted by molar-refractivity contribution is -0.142. The highest BCUT2D eigenvalue weighted by Gasteiger charge is 2.34. The molecule has 3 rings (SSSR count). The van der Waals surface area contributed by atoms with E-state index in [1.54, 1.807) is 17.9 Å². The van der Waals surface area contributed by atoms with Crippen LogP contribution < -0.4 is 5.32 Å². The second-order valence-electron chi connectivity index (χ2n) is 8.00. The van der Waals surface area contributed by atoms with Gasteiger partial charge in [-0.05, 0) is 30.0 Å². The Labute approximate surface area is 176 Å². The van der Waals surface area contributed by atoms with E-state index in [1.807, 2.05) is 38.1 Å². The van der Waals surface area contributed by atoms with Crippen LogP contribution in [0.4, 0.5) is 0 Å². The van der Waals surface area contributed by atoms with Crippen LogP contribution in [0.2, 0.25) is 0 Å². The lowest BCUT2D eigenvalue weighted by Crippen LogP contribution is -2.52. The second-order valence-corrected chi connectivity index (χ2v) is 8.00. The molecule has 30 heavy (non-hydrogen) atoms. The van der Waals surface area contributed by atoms with Crippen molar-refractivity contribution >= 4 is 17.8 Å². The summed E-state index contributed by atoms with van der Waals surface area (Å²) in [6, 6.07) is 8.88. The van der Waals surface area contributed by atoms with Crippen LogP contribution in [0.3, 0.4) is 0 Å². The number of hydrogen-bond donors (Lipinski definition) is 1. The van der Waals surface area contributed by atoms with Crippen molar-refractivity contribution in [2.45, 2.75) is 52.7 Å². The zero-order chi connectivity index (χ0) is 21.8. The maximum absolute atomic E-state index is 13.0. The van der Waals surface area contributed by atoms with Crippen molar-refractivity contribution in [1.29, 1.82) is 0 Å². The summed E-state index contributed by atoms with van der Waals surface area (Å²) in [5, 5.41) is 2.86. The molecule has 1 N–H and O–H groups in total. The average molecular weight is 412 g/mol. The Morgan fingerprint density at radius 2 is 1.93 bits per heavy atom. The maximum atomic E-state index is 13.0. The van der Waals surface area contributed by atoms with E-state index in [4.69, 9.17) is 9.15 Å². The van der Waals surface area contributed by atoms with Gasteiger partial charge in [0.25, 0.3) is 0 Å². The number of nitrogens with zero attached hydrogens (tertiary/aromatic N) is 1. The summed E-state index contributed by atoms with van der Waals surface area (Å²) in [4.78, 5) is 39.3. The van der Waals surface area contributed by atoms with E-state index in [9.17, 15) is 14.4 Å². The molecule has 0 fully saturated rings. The number of amides is 2. The third-order valence-electron chi connectivity index (χ3n) is 5.27. The number of furan rings is 1. The smallest absolute Gasteiger partial charge is 0.341 e. The number of carbonyl (C=O) groups excluding carboxylic acids is 3. The first-order valence-corrected chi connectivity index (χ1v) is 10.1. The van der Waals surface area contributed by atoms with E-state index in [1.165, 1.54) is 7.11 Å². The first kappa shape index (κ1) is 21.6. The fourth-order valence-corrected chi connectivity index (χ4v) is 3.72. The van der Waals surface area contributed by atoms with Crippen LogP contribution in [-0.4, -0.2) is 35.8 Å². The SMILES string of the molecule is COC(=O)c1cc(CNC(=O)C2Cc3ccccc3CN2C(=O)CC(C)C)oc1C. The number of esters is 1. The molecule has 0 radical (unpaired) electrons. The summed E-state index contributed by atoms with van der Waals surface area (Å²) in [5.74, 6) is 0.352. The third kappa shape index (κ3) is 4.72. The fourth-order valence-electron chi connectivity index (χ4n) is 3.72. The number of ether oxygens (including phenoxy) is 1. The van der Waals surface area contributed by atoms with Crippen LogP contribution in [0.25, 0.3) is 0 Å². The van der Waals surface area contributed by atoms with Crippen LogP contribution in [0.5, 0.6) is 0 Å². The van der Waals surface area contributed by atoms with Gasteiger partial charge in [0.2, 0.25) is 11.8 Å².